The molecule has 2 amide bonds. The molecule has 0 bridgehead atoms. The number of imidazole rings is 1. The number of halogens is 1. The summed E-state index contributed by atoms with van der Waals surface area (Å²) in [5.41, 5.74) is 4.57. The van der Waals surface area contributed by atoms with E-state index in [9.17, 15) is 19.2 Å². The van der Waals surface area contributed by atoms with Crippen molar-refractivity contribution in [1.82, 2.24) is 19.0 Å². The smallest absolute Gasteiger partial charge is 0.410 e. The third kappa shape index (κ3) is 6.92. The van der Waals surface area contributed by atoms with Crippen molar-refractivity contribution in [2.24, 2.45) is 14.1 Å². The zero-order chi connectivity index (χ0) is 34.2. The topological polar surface area (TPSA) is 116 Å². The highest BCUT2D eigenvalue weighted by molar-refractivity contribution is 6.34. The van der Waals surface area contributed by atoms with E-state index in [0.717, 1.165) is 16.8 Å². The van der Waals surface area contributed by atoms with Crippen molar-refractivity contribution < 1.29 is 19.1 Å². The van der Waals surface area contributed by atoms with E-state index in [2.05, 4.69) is 16.9 Å². The van der Waals surface area contributed by atoms with Crippen LogP contribution in [-0.2, 0) is 38.2 Å². The molecule has 1 aliphatic rings. The highest BCUT2D eigenvalue weighted by Gasteiger charge is 2.30. The summed E-state index contributed by atoms with van der Waals surface area (Å²) in [6, 6.07) is 12.4. The number of pyridine rings is 1. The van der Waals surface area contributed by atoms with E-state index >= 15 is 0 Å². The number of ketones is 1. The van der Waals surface area contributed by atoms with Gasteiger partial charge < -0.3 is 24.1 Å². The van der Waals surface area contributed by atoms with E-state index in [-0.39, 0.29) is 24.3 Å². The Balaban J connectivity index is 1.37. The van der Waals surface area contributed by atoms with Gasteiger partial charge in [-0.1, -0.05) is 54.6 Å². The summed E-state index contributed by atoms with van der Waals surface area (Å²) in [7, 11) is 3.40. The van der Waals surface area contributed by atoms with Gasteiger partial charge in [0.1, 0.15) is 11.2 Å². The molecule has 2 aromatic heterocycles. The molecule has 4 aromatic rings. The van der Waals surface area contributed by atoms with Crippen LogP contribution < -0.4 is 10.9 Å². The Morgan fingerprint density at radius 2 is 1.81 bits per heavy atom. The van der Waals surface area contributed by atoms with Gasteiger partial charge >= 0.3 is 6.09 Å². The summed E-state index contributed by atoms with van der Waals surface area (Å²) in [5.74, 6) is -0.437. The molecule has 0 unspecified atom stereocenters. The van der Waals surface area contributed by atoms with Crippen LogP contribution in [0.2, 0.25) is 5.02 Å². The van der Waals surface area contributed by atoms with E-state index in [0.29, 0.717) is 51.9 Å². The number of anilines is 1. The molecule has 11 heteroatoms. The van der Waals surface area contributed by atoms with Crippen LogP contribution in [0.5, 0.6) is 0 Å². The number of rotatable bonds is 7. The average molecular weight is 656 g/mol. The van der Waals surface area contributed by atoms with Crippen LogP contribution in [0.25, 0.3) is 17.2 Å². The summed E-state index contributed by atoms with van der Waals surface area (Å²) < 4.78 is 8.67. The number of carbonyl (C=O) groups is 3. The maximum Gasteiger partial charge on any atom is 0.410 e. The van der Waals surface area contributed by atoms with Gasteiger partial charge in [-0.25, -0.2) is 9.78 Å². The number of carbonyl (C=O) groups excluding carboxylic acids is 3. The zero-order valence-corrected chi connectivity index (χ0v) is 28.2. The molecule has 0 aliphatic carbocycles. The predicted octanol–water partition coefficient (Wildman–Crippen LogP) is 6.36. The van der Waals surface area contributed by atoms with Crippen molar-refractivity contribution in [3.63, 3.8) is 0 Å². The molecule has 0 fully saturated rings. The normalized spacial score (nSPS) is 12.8. The first-order valence-electron chi connectivity index (χ1n) is 15.3. The van der Waals surface area contributed by atoms with Gasteiger partial charge in [0.15, 0.2) is 5.82 Å². The van der Waals surface area contributed by atoms with Gasteiger partial charge in [0.05, 0.1) is 17.3 Å². The summed E-state index contributed by atoms with van der Waals surface area (Å²) in [5, 5.41) is 3.28. The highest BCUT2D eigenvalue weighted by atomic mass is 35.5. The van der Waals surface area contributed by atoms with E-state index in [1.807, 2.05) is 52.9 Å². The van der Waals surface area contributed by atoms with E-state index in [1.165, 1.54) is 10.6 Å². The monoisotopic (exact) mass is 655 g/mol. The van der Waals surface area contributed by atoms with Crippen LogP contribution >= 0.6 is 11.6 Å². The first-order valence-corrected chi connectivity index (χ1v) is 15.6. The molecule has 10 nitrogen and oxygen atoms in total. The second-order valence-corrected chi connectivity index (χ2v) is 13.0. The number of amides is 2. The molecule has 0 saturated carbocycles. The summed E-state index contributed by atoms with van der Waals surface area (Å²) in [4.78, 5) is 58.3. The molecule has 0 radical (unpaired) electrons. The standard InChI is InChI=1S/C36H38ClN5O5/c1-8-22-17-26(34(45)40(6)19-22)33(44)39-27-14-10-12-24(21(27)2)25-13-9-11-23(31(25)37)18-30(43)32-38-28-20-42(16-15-29(28)41(32)7)35(46)47-36(3,4)5/h8-14,17,19H,1,15-16,18,20H2,2-7H3,(H,39,44). The van der Waals surface area contributed by atoms with Crippen LogP contribution in [0.1, 0.15) is 69.8 Å². The van der Waals surface area contributed by atoms with Crippen molar-refractivity contribution in [2.75, 3.05) is 11.9 Å². The second kappa shape index (κ2) is 13.0. The molecular weight excluding hydrogens is 618 g/mol. The van der Waals surface area contributed by atoms with Gasteiger partial charge in [0, 0.05) is 56.6 Å². The fourth-order valence-corrected chi connectivity index (χ4v) is 6.00. The Morgan fingerprint density at radius 3 is 2.51 bits per heavy atom. The number of aryl methyl sites for hydroxylation is 1. The number of nitrogens with zero attached hydrogens (tertiary/aromatic N) is 4. The Bertz CT molecular complexity index is 1980. The van der Waals surface area contributed by atoms with Gasteiger partial charge in [-0.05, 0) is 62.1 Å². The Labute approximate surface area is 278 Å². The van der Waals surface area contributed by atoms with Crippen LogP contribution in [0.4, 0.5) is 10.5 Å². The largest absolute Gasteiger partial charge is 0.444 e. The SMILES string of the molecule is C=Cc1cc(C(=O)Nc2cccc(-c3cccc(CC(=O)c4nc5c(n4C)CCN(C(=O)OC(C)(C)C)C5)c3Cl)c2C)c(=O)n(C)c1. The number of benzene rings is 2. The lowest BCUT2D eigenvalue weighted by Crippen LogP contribution is -2.40. The molecule has 47 heavy (non-hydrogen) atoms. The van der Waals surface area contributed by atoms with Crippen LogP contribution in [0.3, 0.4) is 0 Å². The van der Waals surface area contributed by atoms with Crippen molar-refractivity contribution in [2.45, 2.75) is 52.7 Å². The fourth-order valence-electron chi connectivity index (χ4n) is 5.70. The van der Waals surface area contributed by atoms with Gasteiger partial charge in [-0.15, -0.1) is 0 Å². The van der Waals surface area contributed by atoms with Gasteiger partial charge in [0.2, 0.25) is 5.78 Å². The predicted molar refractivity (Wildman–Crippen MR) is 183 cm³/mol. The number of fused-ring (bicyclic) bond motifs is 1. The van der Waals surface area contributed by atoms with E-state index in [4.69, 9.17) is 16.3 Å². The van der Waals surface area contributed by atoms with Crippen LogP contribution in [0, 0.1) is 6.92 Å². The first-order chi connectivity index (χ1) is 22.2. The van der Waals surface area contributed by atoms with Gasteiger partial charge in [0.25, 0.3) is 11.5 Å². The zero-order valence-electron chi connectivity index (χ0n) is 27.4. The molecule has 244 valence electrons. The number of Topliss-reactive ketones (excluding diaryl/α,β-unsaturated/α-hetero) is 1. The number of aromatic nitrogens is 3. The Kier molecular flexibility index (Phi) is 9.27. The molecule has 1 N–H and O–H groups in total. The quantitative estimate of drug-likeness (QED) is 0.232. The fraction of sp³-hybridized carbons (Fsp3) is 0.306. The molecule has 5 rings (SSSR count). The molecular formula is C36H38ClN5O5. The first kappa shape index (κ1) is 33.4. The second-order valence-electron chi connectivity index (χ2n) is 12.7. The lowest BCUT2D eigenvalue weighted by molar-refractivity contribution is 0.0220. The number of hydrogen-bond donors (Lipinski definition) is 1. The van der Waals surface area contributed by atoms with Crippen molar-refractivity contribution >= 4 is 41.1 Å². The van der Waals surface area contributed by atoms with Crippen molar-refractivity contribution in [3.05, 3.63) is 110 Å². The number of hydrogen-bond acceptors (Lipinski definition) is 6. The van der Waals surface area contributed by atoms with Gasteiger partial charge in [-0.3, -0.25) is 14.4 Å². The average Bonchev–Trinajstić information content (AvgIpc) is 3.35. The third-order valence-corrected chi connectivity index (χ3v) is 8.59. The highest BCUT2D eigenvalue weighted by Crippen LogP contribution is 2.36. The maximum absolute atomic E-state index is 13.6. The minimum Gasteiger partial charge on any atom is -0.444 e. The summed E-state index contributed by atoms with van der Waals surface area (Å²) in [6.45, 7) is 11.8. The third-order valence-electron chi connectivity index (χ3n) is 8.14. The summed E-state index contributed by atoms with van der Waals surface area (Å²) in [6.07, 6.45) is 3.35. The van der Waals surface area contributed by atoms with Gasteiger partial charge in [-0.2, -0.15) is 0 Å². The molecule has 2 aromatic carbocycles. The molecule has 0 saturated heterocycles. The molecule has 0 atom stereocenters. The number of nitrogens with one attached hydrogen (secondary N) is 1. The minimum atomic E-state index is -0.609. The Morgan fingerprint density at radius 1 is 1.11 bits per heavy atom. The van der Waals surface area contributed by atoms with Crippen LogP contribution in [0.15, 0.2) is 60.0 Å². The van der Waals surface area contributed by atoms with Crippen LogP contribution in [-0.4, -0.2) is 48.9 Å². The summed E-state index contributed by atoms with van der Waals surface area (Å²) >= 11 is 6.94. The molecule has 0 spiro atoms. The van der Waals surface area contributed by atoms with Crippen molar-refractivity contribution in [3.8, 4) is 11.1 Å². The van der Waals surface area contributed by atoms with E-state index < -0.39 is 23.2 Å². The maximum atomic E-state index is 13.6. The van der Waals surface area contributed by atoms with E-state index in [1.54, 1.807) is 47.0 Å². The minimum absolute atomic E-state index is 0.00163. The number of ether oxygens (including phenoxy) is 1. The molecule has 1 aliphatic heterocycles. The van der Waals surface area contributed by atoms with Crippen molar-refractivity contribution in [1.29, 1.82) is 0 Å². The lowest BCUT2D eigenvalue weighted by Gasteiger charge is -2.29. The molecule has 3 heterocycles. The Hall–Kier alpha value is -4.96. The lowest BCUT2D eigenvalue weighted by atomic mass is 9.96.